The minimum atomic E-state index is -0.407. The van der Waals surface area contributed by atoms with Crippen molar-refractivity contribution in [2.24, 2.45) is 12.0 Å². The Morgan fingerprint density at radius 1 is 0.929 bits per heavy atom. The van der Waals surface area contributed by atoms with Crippen molar-refractivity contribution in [3.8, 4) is 0 Å². The summed E-state index contributed by atoms with van der Waals surface area (Å²) >= 11 is 1.56. The number of thiazole rings is 1. The predicted octanol–water partition coefficient (Wildman–Crippen LogP) is 5.12. The fraction of sp³-hybridized carbons (Fsp3) is 0.167. The van der Waals surface area contributed by atoms with Crippen molar-refractivity contribution in [2.45, 2.75) is 19.8 Å². The lowest BCUT2D eigenvalue weighted by atomic mass is 9.91. The second-order valence-electron chi connectivity index (χ2n) is 7.08. The summed E-state index contributed by atoms with van der Waals surface area (Å²) in [4.78, 5) is 18.6. The summed E-state index contributed by atoms with van der Waals surface area (Å²) in [7, 11) is 1.98. The maximum Gasteiger partial charge on any atom is 0.260 e. The molecule has 0 saturated carbocycles. The lowest BCUT2D eigenvalue weighted by Crippen LogP contribution is -2.18. The summed E-state index contributed by atoms with van der Waals surface area (Å²) in [5.74, 6) is -0.552. The van der Waals surface area contributed by atoms with Gasteiger partial charge >= 0.3 is 0 Å². The summed E-state index contributed by atoms with van der Waals surface area (Å²) in [6.07, 6.45) is 0. The molecule has 0 saturated heterocycles. The van der Waals surface area contributed by atoms with E-state index in [0.717, 1.165) is 26.1 Å². The lowest BCUT2D eigenvalue weighted by molar-refractivity contribution is -0.118. The number of aromatic nitrogens is 1. The molecule has 1 heterocycles. The number of fused-ring (bicyclic) bond motifs is 1. The van der Waals surface area contributed by atoms with Gasteiger partial charge in [-0.1, -0.05) is 78.1 Å². The van der Waals surface area contributed by atoms with Gasteiger partial charge in [-0.3, -0.25) is 4.79 Å². The molecule has 3 nitrogen and oxygen atoms in total. The van der Waals surface area contributed by atoms with Crippen LogP contribution in [0, 0.1) is 13.8 Å². The Balaban J connectivity index is 1.86. The zero-order valence-corrected chi connectivity index (χ0v) is 17.0. The highest BCUT2D eigenvalue weighted by atomic mass is 32.1. The highest BCUT2D eigenvalue weighted by molar-refractivity contribution is 7.16. The van der Waals surface area contributed by atoms with E-state index in [4.69, 9.17) is 0 Å². The molecule has 140 valence electrons. The van der Waals surface area contributed by atoms with Gasteiger partial charge in [-0.05, 0) is 42.2 Å². The molecule has 28 heavy (non-hydrogen) atoms. The normalized spacial score (nSPS) is 12.1. The third kappa shape index (κ3) is 3.43. The molecule has 0 aliphatic rings. The predicted molar refractivity (Wildman–Crippen MR) is 116 cm³/mol. The maximum absolute atomic E-state index is 13.3. The van der Waals surface area contributed by atoms with Gasteiger partial charge < -0.3 is 4.57 Å². The Bertz CT molecular complexity index is 1160. The van der Waals surface area contributed by atoms with E-state index in [9.17, 15) is 4.79 Å². The molecule has 0 radical (unpaired) electrons. The highest BCUT2D eigenvalue weighted by Gasteiger charge is 2.22. The van der Waals surface area contributed by atoms with Crippen LogP contribution in [0.15, 0.2) is 77.8 Å². The smallest absolute Gasteiger partial charge is 0.260 e. The second-order valence-corrected chi connectivity index (χ2v) is 8.09. The van der Waals surface area contributed by atoms with Gasteiger partial charge in [-0.2, -0.15) is 4.99 Å². The molecular weight excluding hydrogens is 364 g/mol. The first-order valence-corrected chi connectivity index (χ1v) is 10.1. The van der Waals surface area contributed by atoms with Crippen LogP contribution in [0.2, 0.25) is 0 Å². The maximum atomic E-state index is 13.3. The van der Waals surface area contributed by atoms with Gasteiger partial charge in [0.1, 0.15) is 0 Å². The van der Waals surface area contributed by atoms with Gasteiger partial charge in [0.25, 0.3) is 5.91 Å². The molecule has 1 aromatic heterocycles. The molecule has 4 rings (SSSR count). The quantitative estimate of drug-likeness (QED) is 0.481. The van der Waals surface area contributed by atoms with Crippen molar-refractivity contribution < 1.29 is 4.79 Å². The zero-order valence-electron chi connectivity index (χ0n) is 16.2. The van der Waals surface area contributed by atoms with E-state index in [2.05, 4.69) is 31.0 Å². The lowest BCUT2D eigenvalue weighted by Gasteiger charge is -2.14. The van der Waals surface area contributed by atoms with Gasteiger partial charge in [0.2, 0.25) is 0 Å². The Morgan fingerprint density at radius 2 is 1.50 bits per heavy atom. The standard InChI is InChI=1S/C24H22N2OS/c1-16-14-17(2)22-20(15-16)28-24(26(22)3)25-23(27)21(18-10-6-4-7-11-18)19-12-8-5-9-13-19/h4-15,21H,1-3H3. The largest absolute Gasteiger partial charge is 0.319 e. The Hall–Kier alpha value is -2.98. The number of nitrogens with zero attached hydrogens (tertiary/aromatic N) is 2. The number of amides is 1. The van der Waals surface area contributed by atoms with E-state index in [1.807, 2.05) is 72.3 Å². The van der Waals surface area contributed by atoms with Gasteiger partial charge in [0, 0.05) is 7.05 Å². The molecule has 0 unspecified atom stereocenters. The summed E-state index contributed by atoms with van der Waals surface area (Å²) < 4.78 is 3.18. The molecule has 0 aliphatic carbocycles. The van der Waals surface area contributed by atoms with E-state index >= 15 is 0 Å². The summed E-state index contributed by atoms with van der Waals surface area (Å²) in [5.41, 5.74) is 5.47. The van der Waals surface area contributed by atoms with Crippen molar-refractivity contribution in [1.29, 1.82) is 0 Å². The number of rotatable bonds is 3. The van der Waals surface area contributed by atoms with Crippen LogP contribution in [0.1, 0.15) is 28.2 Å². The minimum Gasteiger partial charge on any atom is -0.319 e. The van der Waals surface area contributed by atoms with Crippen LogP contribution < -0.4 is 4.80 Å². The van der Waals surface area contributed by atoms with Crippen LogP contribution >= 0.6 is 11.3 Å². The first kappa shape index (κ1) is 18.4. The molecule has 0 atom stereocenters. The summed E-state index contributed by atoms with van der Waals surface area (Å²) in [6, 6.07) is 24.1. The van der Waals surface area contributed by atoms with E-state index in [-0.39, 0.29) is 5.91 Å². The zero-order chi connectivity index (χ0) is 19.7. The van der Waals surface area contributed by atoms with E-state index in [1.165, 1.54) is 11.1 Å². The molecule has 4 heteroatoms. The van der Waals surface area contributed by atoms with Gasteiger partial charge in [-0.15, -0.1) is 0 Å². The molecule has 0 fully saturated rings. The van der Waals surface area contributed by atoms with Crippen molar-refractivity contribution >= 4 is 27.5 Å². The van der Waals surface area contributed by atoms with Crippen LogP contribution in [0.5, 0.6) is 0 Å². The molecule has 0 spiro atoms. The van der Waals surface area contributed by atoms with Crippen molar-refractivity contribution in [2.75, 3.05) is 0 Å². The first-order valence-electron chi connectivity index (χ1n) is 9.30. The molecule has 3 aromatic carbocycles. The van der Waals surface area contributed by atoms with Crippen LogP contribution in [-0.2, 0) is 11.8 Å². The molecule has 1 amide bonds. The topological polar surface area (TPSA) is 34.4 Å². The van der Waals surface area contributed by atoms with E-state index in [0.29, 0.717) is 0 Å². The number of hydrogen-bond donors (Lipinski definition) is 0. The highest BCUT2D eigenvalue weighted by Crippen LogP contribution is 2.26. The molecule has 0 aliphatic heterocycles. The van der Waals surface area contributed by atoms with Crippen LogP contribution in [-0.4, -0.2) is 10.5 Å². The van der Waals surface area contributed by atoms with Crippen LogP contribution in [0.4, 0.5) is 0 Å². The Morgan fingerprint density at radius 3 is 2.07 bits per heavy atom. The fourth-order valence-electron chi connectivity index (χ4n) is 3.72. The fourth-order valence-corrected chi connectivity index (χ4v) is 4.92. The summed E-state index contributed by atoms with van der Waals surface area (Å²) in [6.45, 7) is 4.19. The second kappa shape index (κ2) is 7.56. The van der Waals surface area contributed by atoms with E-state index < -0.39 is 5.92 Å². The van der Waals surface area contributed by atoms with Crippen LogP contribution in [0.3, 0.4) is 0 Å². The van der Waals surface area contributed by atoms with Gasteiger partial charge in [-0.25, -0.2) is 0 Å². The summed E-state index contributed by atoms with van der Waals surface area (Å²) in [5, 5.41) is 0. The molecule has 4 aromatic rings. The van der Waals surface area contributed by atoms with Crippen molar-refractivity contribution in [3.63, 3.8) is 0 Å². The van der Waals surface area contributed by atoms with Crippen molar-refractivity contribution in [1.82, 2.24) is 4.57 Å². The van der Waals surface area contributed by atoms with E-state index in [1.54, 1.807) is 11.3 Å². The Labute approximate surface area is 168 Å². The third-order valence-corrected chi connectivity index (χ3v) is 6.03. The SMILES string of the molecule is Cc1cc(C)c2c(c1)sc(=NC(=O)C(c1ccccc1)c1ccccc1)n2C. The number of aryl methyl sites for hydroxylation is 3. The average Bonchev–Trinajstić information content (AvgIpc) is 2.99. The number of carbonyl (C=O) groups excluding carboxylic acids is 1. The van der Waals surface area contributed by atoms with Gasteiger partial charge in [0.05, 0.1) is 16.1 Å². The van der Waals surface area contributed by atoms with Crippen LogP contribution in [0.25, 0.3) is 10.2 Å². The minimum absolute atomic E-state index is 0.145. The number of hydrogen-bond acceptors (Lipinski definition) is 2. The molecule has 0 bridgehead atoms. The number of benzene rings is 3. The number of carbonyl (C=O) groups is 1. The van der Waals surface area contributed by atoms with Gasteiger partial charge in [0.15, 0.2) is 4.80 Å². The third-order valence-electron chi connectivity index (χ3n) is 4.95. The first-order chi connectivity index (χ1) is 13.5. The monoisotopic (exact) mass is 386 g/mol. The Kier molecular flexibility index (Phi) is 4.97. The average molecular weight is 387 g/mol. The van der Waals surface area contributed by atoms with Crippen molar-refractivity contribution in [3.05, 3.63) is 99.9 Å². The molecular formula is C24H22N2OS. The molecule has 0 N–H and O–H groups in total.